The molecule has 1 unspecified atom stereocenters. The number of anilines is 2. The SMILES string of the molecule is Cc1c(C#Cc2cnc3ccc(N4CCC(NC(=O)CCCOCCOCCOc5ccc6c(c5)C(=O)N(C5CCC(=O)NC5=O)C6=O)CC4)nn23)cccc1C(=O)Nc1cc(Cl)cc(C(F)(F)F)c1. The molecular formula is C49H46ClF3N8O9. The quantitative estimate of drug-likeness (QED) is 0.0616. The summed E-state index contributed by atoms with van der Waals surface area (Å²) in [4.78, 5) is 83.1. The van der Waals surface area contributed by atoms with E-state index in [1.165, 1.54) is 18.2 Å². The average molecular weight is 983 g/mol. The summed E-state index contributed by atoms with van der Waals surface area (Å²) in [6.07, 6.45) is -0.646. The Bertz CT molecular complexity index is 2930. The average Bonchev–Trinajstić information content (AvgIpc) is 3.84. The fourth-order valence-corrected chi connectivity index (χ4v) is 8.49. The van der Waals surface area contributed by atoms with Crippen LogP contribution in [0.5, 0.6) is 5.75 Å². The summed E-state index contributed by atoms with van der Waals surface area (Å²) in [5.74, 6) is 4.25. The Morgan fingerprint density at radius 2 is 1.64 bits per heavy atom. The number of hydrogen-bond donors (Lipinski definition) is 3. The summed E-state index contributed by atoms with van der Waals surface area (Å²) >= 11 is 5.90. The van der Waals surface area contributed by atoms with Gasteiger partial charge in [-0.3, -0.25) is 39.0 Å². The topological polar surface area (TPSA) is 203 Å². The maximum atomic E-state index is 13.3. The van der Waals surface area contributed by atoms with Gasteiger partial charge in [-0.2, -0.15) is 13.2 Å². The van der Waals surface area contributed by atoms with Crippen LogP contribution in [-0.2, 0) is 30.0 Å². The Kier molecular flexibility index (Phi) is 15.1. The number of hydrogen-bond acceptors (Lipinski definition) is 12. The molecule has 3 N–H and O–H groups in total. The lowest BCUT2D eigenvalue weighted by Crippen LogP contribution is -2.54. The van der Waals surface area contributed by atoms with E-state index in [1.54, 1.807) is 41.9 Å². The summed E-state index contributed by atoms with van der Waals surface area (Å²) in [7, 11) is 0. The molecular weight excluding hydrogens is 937 g/mol. The number of nitrogens with one attached hydrogen (secondary N) is 3. The number of imide groups is 2. The van der Waals surface area contributed by atoms with Crippen LogP contribution in [0.2, 0.25) is 5.02 Å². The van der Waals surface area contributed by atoms with E-state index in [2.05, 4.69) is 37.7 Å². The van der Waals surface area contributed by atoms with Crippen LogP contribution in [0.3, 0.4) is 0 Å². The first-order chi connectivity index (χ1) is 33.6. The van der Waals surface area contributed by atoms with Crippen molar-refractivity contribution in [1.29, 1.82) is 0 Å². The molecule has 2 saturated heterocycles. The second-order valence-corrected chi connectivity index (χ2v) is 17.1. The Morgan fingerprint density at radius 3 is 2.41 bits per heavy atom. The number of carbonyl (C=O) groups is 6. The molecule has 8 rings (SSSR count). The van der Waals surface area contributed by atoms with E-state index in [0.29, 0.717) is 79.8 Å². The molecule has 0 bridgehead atoms. The van der Waals surface area contributed by atoms with Gasteiger partial charge in [0.15, 0.2) is 5.65 Å². The first kappa shape index (κ1) is 49.1. The lowest BCUT2D eigenvalue weighted by molar-refractivity contribution is -0.138. The third-order valence-corrected chi connectivity index (χ3v) is 12.1. The van der Waals surface area contributed by atoms with Crippen LogP contribution >= 0.6 is 11.6 Å². The molecule has 1 atom stereocenters. The summed E-state index contributed by atoms with van der Waals surface area (Å²) in [5, 5.41) is 12.4. The summed E-state index contributed by atoms with van der Waals surface area (Å²) in [6.45, 7) is 4.43. The zero-order chi connectivity index (χ0) is 49.5. The second-order valence-electron chi connectivity index (χ2n) is 16.7. The van der Waals surface area contributed by atoms with E-state index in [9.17, 15) is 41.9 Å². The van der Waals surface area contributed by atoms with Crippen LogP contribution in [0.25, 0.3) is 5.65 Å². The fourth-order valence-electron chi connectivity index (χ4n) is 8.26. The van der Waals surface area contributed by atoms with Crippen LogP contribution in [0.4, 0.5) is 24.7 Å². The van der Waals surface area contributed by atoms with Gasteiger partial charge in [-0.05, 0) is 105 Å². The van der Waals surface area contributed by atoms with E-state index < -0.39 is 47.3 Å². The molecule has 6 amide bonds. The summed E-state index contributed by atoms with van der Waals surface area (Å²) in [5.41, 5.74) is 1.60. The maximum absolute atomic E-state index is 13.3. The molecule has 3 aromatic carbocycles. The van der Waals surface area contributed by atoms with E-state index in [1.807, 2.05) is 12.1 Å². The minimum absolute atomic E-state index is 0.00921. The number of benzene rings is 3. The standard InChI is InChI=1S/C49H46ClF3N8O9/c1-29-30(4-2-5-37(29)45(64)56-34-25-31(49(51,52)53)24-32(50)26-34)7-8-35-28-54-41-12-13-42(58-61(35)41)59-17-15-33(16-18-59)55-43(62)6-3-19-68-20-21-69-22-23-70-36-9-10-38-39(27-36)48(67)60(47(38)66)40-11-14-44(63)57-46(40)65/h2,4-5,9-10,12-13,24-28,33,40H,3,6,11,14-23H2,1H3,(H,55,62)(H,56,64)(H,57,63,65). The van der Waals surface area contributed by atoms with Gasteiger partial charge in [0.05, 0.1) is 42.7 Å². The number of aromatic nitrogens is 3. The Balaban J connectivity index is 0.720. The molecule has 21 heteroatoms. The number of imidazole rings is 1. The lowest BCUT2D eigenvalue weighted by atomic mass is 10.0. The number of ether oxygens (including phenoxy) is 3. The van der Waals surface area contributed by atoms with Crippen LogP contribution in [-0.4, -0.2) is 113 Å². The number of nitrogens with zero attached hydrogens (tertiary/aromatic N) is 5. The molecule has 17 nitrogen and oxygen atoms in total. The van der Waals surface area contributed by atoms with Crippen molar-refractivity contribution in [2.45, 2.75) is 63.7 Å². The van der Waals surface area contributed by atoms with Gasteiger partial charge in [0.25, 0.3) is 17.7 Å². The van der Waals surface area contributed by atoms with Crippen molar-refractivity contribution in [3.63, 3.8) is 0 Å². The number of piperidine rings is 2. The van der Waals surface area contributed by atoms with E-state index in [-0.39, 0.29) is 65.4 Å². The third kappa shape index (κ3) is 11.6. The van der Waals surface area contributed by atoms with Crippen LogP contribution < -0.4 is 25.6 Å². The molecule has 3 aliphatic heterocycles. The third-order valence-electron chi connectivity index (χ3n) is 11.9. The zero-order valence-electron chi connectivity index (χ0n) is 37.7. The van der Waals surface area contributed by atoms with Crippen molar-refractivity contribution >= 4 is 64.2 Å². The normalized spacial score (nSPS) is 16.2. The number of halogens is 4. The molecule has 70 heavy (non-hydrogen) atoms. The lowest BCUT2D eigenvalue weighted by Gasteiger charge is -2.33. The van der Waals surface area contributed by atoms with E-state index >= 15 is 0 Å². The van der Waals surface area contributed by atoms with Crippen molar-refractivity contribution in [3.8, 4) is 17.6 Å². The van der Waals surface area contributed by atoms with Crippen molar-refractivity contribution in [1.82, 2.24) is 30.1 Å². The molecule has 0 radical (unpaired) electrons. The molecule has 364 valence electrons. The Hall–Kier alpha value is -7.34. The zero-order valence-corrected chi connectivity index (χ0v) is 38.5. The number of amides is 6. The minimum atomic E-state index is -4.64. The van der Waals surface area contributed by atoms with Crippen LogP contribution in [0.1, 0.15) is 92.0 Å². The van der Waals surface area contributed by atoms with Gasteiger partial charge >= 0.3 is 6.18 Å². The molecule has 5 heterocycles. The van der Waals surface area contributed by atoms with E-state index in [0.717, 1.165) is 29.9 Å². The highest BCUT2D eigenvalue weighted by molar-refractivity contribution is 6.31. The predicted octanol–water partition coefficient (Wildman–Crippen LogP) is 5.74. The molecule has 2 aromatic heterocycles. The van der Waals surface area contributed by atoms with Gasteiger partial charge in [0.1, 0.15) is 29.9 Å². The van der Waals surface area contributed by atoms with E-state index in [4.69, 9.17) is 30.9 Å². The van der Waals surface area contributed by atoms with Gasteiger partial charge in [0, 0.05) is 60.4 Å². The summed E-state index contributed by atoms with van der Waals surface area (Å²) in [6, 6.07) is 15.0. The molecule has 3 aliphatic rings. The van der Waals surface area contributed by atoms with Crippen molar-refractivity contribution in [3.05, 3.63) is 117 Å². The number of rotatable bonds is 16. The molecule has 5 aromatic rings. The second kappa shape index (κ2) is 21.5. The van der Waals surface area contributed by atoms with Crippen molar-refractivity contribution in [2.75, 3.05) is 56.3 Å². The largest absolute Gasteiger partial charge is 0.491 e. The molecule has 0 aliphatic carbocycles. The minimum Gasteiger partial charge on any atom is -0.491 e. The smallest absolute Gasteiger partial charge is 0.416 e. The molecule has 0 spiro atoms. The highest BCUT2D eigenvalue weighted by Crippen LogP contribution is 2.34. The first-order valence-corrected chi connectivity index (χ1v) is 22.8. The molecule has 0 saturated carbocycles. The van der Waals surface area contributed by atoms with Crippen molar-refractivity contribution in [2.24, 2.45) is 0 Å². The van der Waals surface area contributed by atoms with Gasteiger partial charge in [-0.1, -0.05) is 23.6 Å². The monoisotopic (exact) mass is 982 g/mol. The number of alkyl halides is 3. The van der Waals surface area contributed by atoms with Gasteiger partial charge in [0.2, 0.25) is 17.7 Å². The number of carbonyl (C=O) groups excluding carboxylic acids is 6. The molecule has 2 fully saturated rings. The highest BCUT2D eigenvalue weighted by atomic mass is 35.5. The van der Waals surface area contributed by atoms with Crippen LogP contribution in [0, 0.1) is 18.8 Å². The van der Waals surface area contributed by atoms with Gasteiger partial charge < -0.3 is 29.7 Å². The maximum Gasteiger partial charge on any atom is 0.416 e. The van der Waals surface area contributed by atoms with Crippen LogP contribution in [0.15, 0.2) is 72.9 Å². The fraction of sp³-hybridized carbons (Fsp3) is 0.347. The Labute approximate surface area is 404 Å². The highest BCUT2D eigenvalue weighted by Gasteiger charge is 2.44. The van der Waals surface area contributed by atoms with Gasteiger partial charge in [-0.15, -0.1) is 5.10 Å². The summed E-state index contributed by atoms with van der Waals surface area (Å²) < 4.78 is 58.5. The predicted molar refractivity (Wildman–Crippen MR) is 247 cm³/mol. The Morgan fingerprint density at radius 1 is 0.886 bits per heavy atom. The van der Waals surface area contributed by atoms with Gasteiger partial charge in [-0.25, -0.2) is 9.50 Å². The number of fused-ring (bicyclic) bond motifs is 2. The first-order valence-electron chi connectivity index (χ1n) is 22.5. The van der Waals surface area contributed by atoms with Crippen molar-refractivity contribution < 1.29 is 56.1 Å².